The van der Waals surface area contributed by atoms with Crippen LogP contribution in [-0.4, -0.2) is 62.1 Å². The van der Waals surface area contributed by atoms with Crippen molar-refractivity contribution in [2.45, 2.75) is 64.1 Å². The van der Waals surface area contributed by atoms with Crippen LogP contribution in [0.4, 0.5) is 5.69 Å². The van der Waals surface area contributed by atoms with Crippen LogP contribution in [0.3, 0.4) is 0 Å². The minimum Gasteiger partial charge on any atom is -0.497 e. The van der Waals surface area contributed by atoms with Crippen LogP contribution in [0.1, 0.15) is 61.0 Å². The van der Waals surface area contributed by atoms with Crippen molar-refractivity contribution in [3.05, 3.63) is 83.4 Å². The summed E-state index contributed by atoms with van der Waals surface area (Å²) in [6.45, 7) is 4.95. The lowest BCUT2D eigenvalue weighted by molar-refractivity contribution is -0.143. The van der Waals surface area contributed by atoms with Crippen LogP contribution in [0.15, 0.2) is 66.7 Å². The van der Waals surface area contributed by atoms with Crippen molar-refractivity contribution in [1.82, 2.24) is 16.0 Å². The molecule has 10 heteroatoms. The molecule has 0 fully saturated rings. The predicted octanol–water partition coefficient (Wildman–Crippen LogP) is 4.15. The van der Waals surface area contributed by atoms with Gasteiger partial charge in [0.2, 0.25) is 11.8 Å². The number of benzene rings is 3. The third kappa shape index (κ3) is 8.11. The van der Waals surface area contributed by atoms with Gasteiger partial charge in [-0.3, -0.25) is 19.2 Å². The van der Waals surface area contributed by atoms with E-state index in [-0.39, 0.29) is 43.1 Å². The van der Waals surface area contributed by atoms with E-state index in [0.717, 1.165) is 27.9 Å². The summed E-state index contributed by atoms with van der Waals surface area (Å²) >= 11 is 0. The van der Waals surface area contributed by atoms with Gasteiger partial charge in [0.05, 0.1) is 13.7 Å². The van der Waals surface area contributed by atoms with E-state index in [1.54, 1.807) is 18.1 Å². The van der Waals surface area contributed by atoms with Crippen molar-refractivity contribution < 1.29 is 28.7 Å². The lowest BCUT2D eigenvalue weighted by Gasteiger charge is -2.29. The van der Waals surface area contributed by atoms with Gasteiger partial charge in [0.25, 0.3) is 5.91 Å². The second-order valence-corrected chi connectivity index (χ2v) is 12.4. The van der Waals surface area contributed by atoms with Crippen molar-refractivity contribution in [3.8, 4) is 16.9 Å². The molecule has 3 aliphatic rings. The minimum absolute atomic E-state index is 0.133. The summed E-state index contributed by atoms with van der Waals surface area (Å²) in [6.07, 6.45) is 1.80. The van der Waals surface area contributed by atoms with E-state index in [9.17, 15) is 19.2 Å². The highest BCUT2D eigenvalue weighted by atomic mass is 16.5. The van der Waals surface area contributed by atoms with E-state index in [4.69, 9.17) is 9.47 Å². The van der Waals surface area contributed by atoms with Crippen molar-refractivity contribution in [1.29, 1.82) is 0 Å². The molecule has 6 rings (SSSR count). The third-order valence-electron chi connectivity index (χ3n) is 8.37. The summed E-state index contributed by atoms with van der Waals surface area (Å²) in [5, 5.41) is 9.19. The number of ether oxygens (including phenoxy) is 2. The molecule has 0 aromatic heterocycles. The predicted molar refractivity (Wildman–Crippen MR) is 176 cm³/mol. The SMILES string of the molecule is COc1ccc2c(c1)CC[C@H]1NC(=O)CC(C)(C)NCCOC(=O)CCCNC(=O)c3ccccc3-c3ccc(cc3)CN2C1=O. The van der Waals surface area contributed by atoms with E-state index in [0.29, 0.717) is 50.2 Å². The number of fused-ring (bicyclic) bond motifs is 16. The van der Waals surface area contributed by atoms with Crippen molar-refractivity contribution >= 4 is 29.4 Å². The number of methoxy groups -OCH3 is 1. The van der Waals surface area contributed by atoms with E-state index in [1.807, 2.05) is 74.5 Å². The van der Waals surface area contributed by atoms with Crippen LogP contribution < -0.4 is 25.6 Å². The number of carbonyl (C=O) groups excluding carboxylic acids is 4. The molecular weight excluding hydrogens is 584 g/mol. The number of hydrogen-bond donors (Lipinski definition) is 3. The third-order valence-corrected chi connectivity index (χ3v) is 8.37. The molecule has 3 aromatic carbocycles. The largest absolute Gasteiger partial charge is 0.497 e. The molecule has 3 amide bonds. The Morgan fingerprint density at radius 3 is 2.43 bits per heavy atom. The van der Waals surface area contributed by atoms with Crippen LogP contribution >= 0.6 is 0 Å². The smallest absolute Gasteiger partial charge is 0.305 e. The quantitative estimate of drug-likeness (QED) is 0.347. The second kappa shape index (κ2) is 14.6. The van der Waals surface area contributed by atoms with E-state index >= 15 is 0 Å². The molecule has 46 heavy (non-hydrogen) atoms. The highest BCUT2D eigenvalue weighted by Gasteiger charge is 2.33. The first-order valence-electron chi connectivity index (χ1n) is 15.8. The molecule has 1 atom stereocenters. The van der Waals surface area contributed by atoms with Gasteiger partial charge in [0.1, 0.15) is 18.4 Å². The van der Waals surface area contributed by atoms with Crippen LogP contribution in [0.5, 0.6) is 5.75 Å². The zero-order valence-electron chi connectivity index (χ0n) is 26.7. The number of nitrogens with zero attached hydrogens (tertiary/aromatic N) is 1. The molecule has 3 aliphatic heterocycles. The first-order chi connectivity index (χ1) is 22.1. The molecule has 242 valence electrons. The highest BCUT2D eigenvalue weighted by molar-refractivity contribution is 6.01. The molecule has 10 nitrogen and oxygen atoms in total. The van der Waals surface area contributed by atoms with Gasteiger partial charge >= 0.3 is 5.97 Å². The average Bonchev–Trinajstić information content (AvgIpc) is 3.16. The van der Waals surface area contributed by atoms with Crippen LogP contribution in [0.25, 0.3) is 11.1 Å². The maximum atomic E-state index is 14.1. The van der Waals surface area contributed by atoms with Gasteiger partial charge in [-0.15, -0.1) is 0 Å². The van der Waals surface area contributed by atoms with Gasteiger partial charge in [-0.05, 0) is 79.6 Å². The Bertz CT molecular complexity index is 1590. The Morgan fingerprint density at radius 1 is 0.913 bits per heavy atom. The van der Waals surface area contributed by atoms with Crippen molar-refractivity contribution in [2.75, 3.05) is 31.7 Å². The Kier molecular flexibility index (Phi) is 10.4. The molecule has 3 heterocycles. The number of nitrogens with one attached hydrogen (secondary N) is 3. The normalized spacial score (nSPS) is 19.8. The Morgan fingerprint density at radius 2 is 1.67 bits per heavy atom. The summed E-state index contributed by atoms with van der Waals surface area (Å²) < 4.78 is 10.8. The molecule has 3 N–H and O–H groups in total. The molecule has 3 aromatic rings. The molecule has 0 radical (unpaired) electrons. The lowest BCUT2D eigenvalue weighted by atomic mass is 9.98. The van der Waals surface area contributed by atoms with E-state index in [1.165, 1.54) is 0 Å². The molecule has 0 unspecified atom stereocenters. The average molecular weight is 627 g/mol. The van der Waals surface area contributed by atoms with Crippen molar-refractivity contribution in [3.63, 3.8) is 0 Å². The standard InChI is InChI=1S/C36H42N4O6/c1-36(2)22-32(41)39-30-16-14-26-21-27(45-3)15-17-31(26)40(35(30)44)23-24-10-12-25(13-11-24)28-7-4-5-8-29(28)34(43)37-18-6-9-33(42)46-20-19-38-36/h4-5,7-8,10-13,15,17,21,30,38H,6,9,14,16,18-20,22-23H2,1-3H3,(H,37,43)(H,39,41)/t30-/m1/s1. The van der Waals surface area contributed by atoms with Gasteiger partial charge in [0.15, 0.2) is 0 Å². The number of amides is 3. The van der Waals surface area contributed by atoms with Crippen molar-refractivity contribution in [2.24, 2.45) is 0 Å². The molecule has 0 aliphatic carbocycles. The number of aryl methyl sites for hydroxylation is 1. The number of anilines is 1. The highest BCUT2D eigenvalue weighted by Crippen LogP contribution is 2.32. The summed E-state index contributed by atoms with van der Waals surface area (Å²) in [4.78, 5) is 54.5. The Balaban J connectivity index is 1.46. The first-order valence-corrected chi connectivity index (χ1v) is 15.8. The number of carbonyl (C=O) groups is 4. The van der Waals surface area contributed by atoms with Gasteiger partial charge in [0, 0.05) is 42.7 Å². The summed E-state index contributed by atoms with van der Waals surface area (Å²) in [7, 11) is 1.61. The fourth-order valence-electron chi connectivity index (χ4n) is 5.95. The van der Waals surface area contributed by atoms with E-state index < -0.39 is 11.6 Å². The number of rotatable bonds is 1. The zero-order valence-corrected chi connectivity index (χ0v) is 26.7. The van der Waals surface area contributed by atoms with Crippen LogP contribution in [0, 0.1) is 0 Å². The van der Waals surface area contributed by atoms with Gasteiger partial charge < -0.3 is 30.3 Å². The second-order valence-electron chi connectivity index (χ2n) is 12.4. The molecular formula is C36H42N4O6. The zero-order chi connectivity index (χ0) is 32.7. The number of hydrogen-bond acceptors (Lipinski definition) is 7. The lowest BCUT2D eigenvalue weighted by Crippen LogP contribution is -2.51. The van der Waals surface area contributed by atoms with Crippen LogP contribution in [0.2, 0.25) is 0 Å². The van der Waals surface area contributed by atoms with E-state index in [2.05, 4.69) is 16.0 Å². The Hall–Kier alpha value is -4.70. The summed E-state index contributed by atoms with van der Waals surface area (Å²) in [6, 6.07) is 20.2. The summed E-state index contributed by atoms with van der Waals surface area (Å²) in [5.74, 6) is -0.290. The maximum absolute atomic E-state index is 14.1. The van der Waals surface area contributed by atoms with Gasteiger partial charge in [-0.2, -0.15) is 0 Å². The fraction of sp³-hybridized carbons (Fsp3) is 0.389. The number of esters is 1. The minimum atomic E-state index is -0.710. The van der Waals surface area contributed by atoms with Crippen LogP contribution in [-0.2, 0) is 32.1 Å². The molecule has 0 saturated heterocycles. The molecule has 4 bridgehead atoms. The topological polar surface area (TPSA) is 126 Å². The maximum Gasteiger partial charge on any atom is 0.305 e. The first kappa shape index (κ1) is 32.7. The fourth-order valence-corrected chi connectivity index (χ4v) is 5.95. The van der Waals surface area contributed by atoms with Gasteiger partial charge in [-0.1, -0.05) is 42.5 Å². The van der Waals surface area contributed by atoms with Gasteiger partial charge in [-0.25, -0.2) is 0 Å². The summed E-state index contributed by atoms with van der Waals surface area (Å²) in [5.41, 5.74) is 4.23. The monoisotopic (exact) mass is 626 g/mol. The molecule has 0 spiro atoms. The molecule has 0 saturated carbocycles. The Labute approximate surface area is 269 Å².